The normalized spacial score (nSPS) is 12.0. The summed E-state index contributed by atoms with van der Waals surface area (Å²) in [5.41, 5.74) is 3.46. The van der Waals surface area contributed by atoms with Crippen molar-refractivity contribution in [2.45, 2.75) is 26.3 Å². The predicted octanol–water partition coefficient (Wildman–Crippen LogP) is 2.27. The molecule has 8 heteroatoms. The topological polar surface area (TPSA) is 101 Å². The van der Waals surface area contributed by atoms with Gasteiger partial charge in [0.2, 0.25) is 0 Å². The molecule has 0 saturated carbocycles. The van der Waals surface area contributed by atoms with Crippen LogP contribution in [0.3, 0.4) is 0 Å². The molecule has 1 atom stereocenters. The zero-order valence-corrected chi connectivity index (χ0v) is 14.4. The number of anilines is 1. The summed E-state index contributed by atoms with van der Waals surface area (Å²) in [4.78, 5) is 16.4. The van der Waals surface area contributed by atoms with Crippen LogP contribution in [0.2, 0.25) is 0 Å². The third kappa shape index (κ3) is 4.43. The van der Waals surface area contributed by atoms with Crippen molar-refractivity contribution < 1.29 is 4.79 Å². The van der Waals surface area contributed by atoms with Crippen LogP contribution in [0.5, 0.6) is 0 Å². The fourth-order valence-electron chi connectivity index (χ4n) is 2.54. The lowest BCUT2D eigenvalue weighted by atomic mass is 10.2. The number of rotatable bonds is 5. The molecule has 0 fully saturated rings. The van der Waals surface area contributed by atoms with Crippen molar-refractivity contribution in [1.29, 1.82) is 0 Å². The summed E-state index contributed by atoms with van der Waals surface area (Å²) >= 11 is 0. The Labute approximate surface area is 145 Å². The minimum atomic E-state index is -0.258. The highest BCUT2D eigenvalue weighted by Gasteiger charge is 2.11. The van der Waals surface area contributed by atoms with Crippen molar-refractivity contribution >= 4 is 11.7 Å². The fraction of sp³-hybridized carbons (Fsp3) is 0.294. The van der Waals surface area contributed by atoms with Crippen LogP contribution in [0.4, 0.5) is 10.5 Å². The molecule has 0 bridgehead atoms. The molecular weight excluding hydrogens is 318 g/mol. The highest BCUT2D eigenvalue weighted by molar-refractivity contribution is 5.90. The van der Waals surface area contributed by atoms with Crippen molar-refractivity contribution in [3.8, 4) is 11.4 Å². The number of carbonyl (C=O) groups is 1. The molecule has 3 rings (SSSR count). The molecule has 2 amide bonds. The lowest BCUT2D eigenvalue weighted by molar-refractivity contribution is 0.249. The second-order valence-corrected chi connectivity index (χ2v) is 6.07. The molecule has 3 aromatic rings. The van der Waals surface area contributed by atoms with E-state index in [1.165, 1.54) is 0 Å². The Morgan fingerprint density at radius 3 is 2.88 bits per heavy atom. The summed E-state index contributed by atoms with van der Waals surface area (Å²) in [5.74, 6) is 0.619. The van der Waals surface area contributed by atoms with Crippen molar-refractivity contribution in [3.63, 3.8) is 0 Å². The highest BCUT2D eigenvalue weighted by atomic mass is 16.2. The average Bonchev–Trinajstić information content (AvgIpc) is 3.16. The summed E-state index contributed by atoms with van der Waals surface area (Å²) in [6.07, 6.45) is 2.30. The van der Waals surface area contributed by atoms with Crippen molar-refractivity contribution in [2.24, 2.45) is 7.05 Å². The molecule has 0 aliphatic rings. The molecule has 0 spiro atoms. The Bertz CT molecular complexity index is 867. The zero-order chi connectivity index (χ0) is 17.8. The molecule has 0 radical (unpaired) electrons. The van der Waals surface area contributed by atoms with Crippen molar-refractivity contribution in [3.05, 3.63) is 48.0 Å². The number of carbonyl (C=O) groups excluding carboxylic acids is 1. The molecule has 3 N–H and O–H groups in total. The molecule has 0 saturated heterocycles. The summed E-state index contributed by atoms with van der Waals surface area (Å²) in [7, 11) is 1.81. The van der Waals surface area contributed by atoms with Crippen LogP contribution in [-0.2, 0) is 13.5 Å². The minimum absolute atomic E-state index is 0.0386. The molecule has 0 aliphatic heterocycles. The zero-order valence-electron chi connectivity index (χ0n) is 14.4. The number of amides is 2. The first kappa shape index (κ1) is 16.7. The van der Waals surface area contributed by atoms with E-state index in [0.29, 0.717) is 17.9 Å². The number of H-pyrrole nitrogens is 1. The quantitative estimate of drug-likeness (QED) is 0.664. The smallest absolute Gasteiger partial charge is 0.319 e. The van der Waals surface area contributed by atoms with Crippen molar-refractivity contribution in [2.75, 3.05) is 5.32 Å². The first-order valence-electron chi connectivity index (χ1n) is 8.04. The van der Waals surface area contributed by atoms with Crippen LogP contribution in [0, 0.1) is 6.92 Å². The molecule has 2 heterocycles. The molecule has 130 valence electrons. The molecule has 8 nitrogen and oxygen atoms in total. The van der Waals surface area contributed by atoms with Crippen LogP contribution in [0.15, 0.2) is 36.7 Å². The van der Waals surface area contributed by atoms with Gasteiger partial charge in [0.05, 0.1) is 5.69 Å². The Hall–Kier alpha value is -3.16. The van der Waals surface area contributed by atoms with E-state index in [9.17, 15) is 4.79 Å². The van der Waals surface area contributed by atoms with Gasteiger partial charge in [-0.2, -0.15) is 10.2 Å². The van der Waals surface area contributed by atoms with E-state index in [1.807, 2.05) is 51.2 Å². The van der Waals surface area contributed by atoms with Gasteiger partial charge < -0.3 is 10.6 Å². The number of nitrogens with zero attached hydrogens (tertiary/aromatic N) is 4. The fourth-order valence-corrected chi connectivity index (χ4v) is 2.54. The van der Waals surface area contributed by atoms with Gasteiger partial charge in [-0.3, -0.25) is 9.78 Å². The van der Waals surface area contributed by atoms with Crippen LogP contribution in [-0.4, -0.2) is 37.0 Å². The Balaban J connectivity index is 1.59. The summed E-state index contributed by atoms with van der Waals surface area (Å²) < 4.78 is 1.64. The van der Waals surface area contributed by atoms with Gasteiger partial charge in [0.25, 0.3) is 0 Å². The van der Waals surface area contributed by atoms with E-state index in [-0.39, 0.29) is 12.1 Å². The molecular formula is C17H21N7O. The van der Waals surface area contributed by atoms with Crippen LogP contribution in [0.25, 0.3) is 11.4 Å². The largest absolute Gasteiger partial charge is 0.335 e. The van der Waals surface area contributed by atoms with E-state index in [4.69, 9.17) is 0 Å². The van der Waals surface area contributed by atoms with Gasteiger partial charge in [-0.1, -0.05) is 12.1 Å². The standard InChI is InChI=1S/C17H21N7O/c1-11(7-15-8-12(2)21-22-15)19-17(25)20-14-6-4-5-13(9-14)16-18-10-24(3)23-16/h4-6,8-11H,7H2,1-3H3,(H,21,22)(H2,19,20,25)/t11-/m1/s1. The van der Waals surface area contributed by atoms with Crippen LogP contribution < -0.4 is 10.6 Å². The van der Waals surface area contributed by atoms with Gasteiger partial charge in [0, 0.05) is 36.5 Å². The Morgan fingerprint density at radius 2 is 2.20 bits per heavy atom. The summed E-state index contributed by atoms with van der Waals surface area (Å²) in [6, 6.07) is 9.11. The van der Waals surface area contributed by atoms with Crippen LogP contribution in [0.1, 0.15) is 18.3 Å². The monoisotopic (exact) mass is 339 g/mol. The molecule has 0 aliphatic carbocycles. The van der Waals surface area contributed by atoms with E-state index in [0.717, 1.165) is 17.0 Å². The third-order valence-corrected chi connectivity index (χ3v) is 3.63. The van der Waals surface area contributed by atoms with Crippen molar-refractivity contribution in [1.82, 2.24) is 30.3 Å². The maximum Gasteiger partial charge on any atom is 0.319 e. The molecule has 25 heavy (non-hydrogen) atoms. The number of aryl methyl sites for hydroxylation is 2. The Morgan fingerprint density at radius 1 is 1.36 bits per heavy atom. The second kappa shape index (κ2) is 7.16. The number of hydrogen-bond donors (Lipinski definition) is 3. The average molecular weight is 339 g/mol. The maximum atomic E-state index is 12.2. The van der Waals surface area contributed by atoms with E-state index in [2.05, 4.69) is 30.9 Å². The SMILES string of the molecule is Cc1cc(C[C@@H](C)NC(=O)Nc2cccc(-c3ncn(C)n3)c2)n[nH]1. The summed E-state index contributed by atoms with van der Waals surface area (Å²) in [6.45, 7) is 3.89. The van der Waals surface area contributed by atoms with Gasteiger partial charge in [-0.15, -0.1) is 0 Å². The van der Waals surface area contributed by atoms with E-state index >= 15 is 0 Å². The Kier molecular flexibility index (Phi) is 4.78. The number of urea groups is 1. The first-order valence-corrected chi connectivity index (χ1v) is 8.04. The van der Waals surface area contributed by atoms with E-state index in [1.54, 1.807) is 11.0 Å². The van der Waals surface area contributed by atoms with Gasteiger partial charge >= 0.3 is 6.03 Å². The third-order valence-electron chi connectivity index (χ3n) is 3.63. The molecule has 0 unspecified atom stereocenters. The highest BCUT2D eigenvalue weighted by Crippen LogP contribution is 2.18. The maximum absolute atomic E-state index is 12.2. The molecule has 2 aromatic heterocycles. The lowest BCUT2D eigenvalue weighted by Gasteiger charge is -2.13. The number of nitrogens with one attached hydrogen (secondary N) is 3. The lowest BCUT2D eigenvalue weighted by Crippen LogP contribution is -2.37. The van der Waals surface area contributed by atoms with Gasteiger partial charge in [-0.05, 0) is 32.0 Å². The minimum Gasteiger partial charge on any atom is -0.335 e. The number of aromatic amines is 1. The van der Waals surface area contributed by atoms with Gasteiger partial charge in [-0.25, -0.2) is 9.78 Å². The predicted molar refractivity (Wildman–Crippen MR) is 95.1 cm³/mol. The van der Waals surface area contributed by atoms with Gasteiger partial charge in [0.15, 0.2) is 5.82 Å². The van der Waals surface area contributed by atoms with Gasteiger partial charge in [0.1, 0.15) is 6.33 Å². The first-order chi connectivity index (χ1) is 12.0. The van der Waals surface area contributed by atoms with E-state index < -0.39 is 0 Å². The summed E-state index contributed by atoms with van der Waals surface area (Å²) in [5, 5.41) is 17.1. The number of benzene rings is 1. The van der Waals surface area contributed by atoms with Crippen LogP contribution >= 0.6 is 0 Å². The molecule has 1 aromatic carbocycles. The second-order valence-electron chi connectivity index (χ2n) is 6.07. The number of aromatic nitrogens is 5. The number of hydrogen-bond acceptors (Lipinski definition) is 4.